The van der Waals surface area contributed by atoms with E-state index in [1.807, 2.05) is 6.07 Å². The van der Waals surface area contributed by atoms with E-state index in [1.54, 1.807) is 0 Å². The molecule has 1 aliphatic carbocycles. The molecule has 0 saturated carbocycles. The van der Waals surface area contributed by atoms with Crippen LogP contribution in [0.1, 0.15) is 25.0 Å². The second-order valence-corrected chi connectivity index (χ2v) is 12.0. The van der Waals surface area contributed by atoms with Gasteiger partial charge in [-0.25, -0.2) is 4.98 Å². The third kappa shape index (κ3) is 3.12. The average molecular weight is 537 g/mol. The van der Waals surface area contributed by atoms with Gasteiger partial charge in [0.1, 0.15) is 5.82 Å². The van der Waals surface area contributed by atoms with Crippen molar-refractivity contribution in [2.45, 2.75) is 19.3 Å². The standard InChI is InChI=1S/C40H28N2/c1-40(2)32-14-8-12-26-18-19-28-24-31(30-13-9-15-33(40)38(30)37(28)36(26)32)25-20-22-29(23-21-25)42-35-17-7-6-16-34(35)41-39(42)27-10-4-3-5-11-27/h3-24H,1-2H3. The van der Waals surface area contributed by atoms with Crippen LogP contribution in [0.15, 0.2) is 133 Å². The van der Waals surface area contributed by atoms with E-state index in [0.717, 1.165) is 28.1 Å². The predicted octanol–water partition coefficient (Wildman–Crippen LogP) is 10.5. The molecule has 0 bridgehead atoms. The molecular formula is C40H28N2. The van der Waals surface area contributed by atoms with Crippen LogP contribution in [-0.4, -0.2) is 9.55 Å². The van der Waals surface area contributed by atoms with Gasteiger partial charge in [0.2, 0.25) is 0 Å². The van der Waals surface area contributed by atoms with Crippen molar-refractivity contribution in [3.05, 3.63) is 145 Å². The maximum atomic E-state index is 5.03. The molecular weight excluding hydrogens is 508 g/mol. The molecule has 9 rings (SSSR count). The second kappa shape index (κ2) is 8.41. The van der Waals surface area contributed by atoms with Gasteiger partial charge < -0.3 is 0 Å². The lowest BCUT2D eigenvalue weighted by molar-refractivity contribution is 0.652. The van der Waals surface area contributed by atoms with Gasteiger partial charge in [-0.3, -0.25) is 4.57 Å². The molecule has 0 radical (unpaired) electrons. The van der Waals surface area contributed by atoms with Crippen molar-refractivity contribution in [1.29, 1.82) is 0 Å². The van der Waals surface area contributed by atoms with E-state index in [1.165, 1.54) is 54.6 Å². The van der Waals surface area contributed by atoms with Gasteiger partial charge in [0, 0.05) is 16.7 Å². The molecule has 0 atom stereocenters. The molecule has 2 heteroatoms. The summed E-state index contributed by atoms with van der Waals surface area (Å²) in [7, 11) is 0. The van der Waals surface area contributed by atoms with Crippen molar-refractivity contribution in [3.8, 4) is 28.2 Å². The molecule has 198 valence electrons. The first-order valence-electron chi connectivity index (χ1n) is 14.7. The molecule has 0 fully saturated rings. The molecule has 0 N–H and O–H groups in total. The lowest BCUT2D eigenvalue weighted by Gasteiger charge is -2.34. The fourth-order valence-corrected chi connectivity index (χ4v) is 7.35. The van der Waals surface area contributed by atoms with Gasteiger partial charge in [-0.2, -0.15) is 0 Å². The summed E-state index contributed by atoms with van der Waals surface area (Å²) >= 11 is 0. The van der Waals surface area contributed by atoms with Crippen LogP contribution in [-0.2, 0) is 5.41 Å². The molecule has 1 aromatic heterocycles. The molecule has 42 heavy (non-hydrogen) atoms. The van der Waals surface area contributed by atoms with Crippen molar-refractivity contribution in [1.82, 2.24) is 9.55 Å². The summed E-state index contributed by atoms with van der Waals surface area (Å²) in [4.78, 5) is 5.03. The van der Waals surface area contributed by atoms with Crippen LogP contribution in [0.25, 0.3) is 71.6 Å². The summed E-state index contributed by atoms with van der Waals surface area (Å²) in [5.41, 5.74) is 9.58. The van der Waals surface area contributed by atoms with Crippen LogP contribution in [0.5, 0.6) is 0 Å². The van der Waals surface area contributed by atoms with Crippen molar-refractivity contribution in [2.75, 3.05) is 0 Å². The van der Waals surface area contributed by atoms with E-state index in [-0.39, 0.29) is 5.41 Å². The first kappa shape index (κ1) is 23.5. The zero-order valence-electron chi connectivity index (χ0n) is 23.6. The highest BCUT2D eigenvalue weighted by Crippen LogP contribution is 2.50. The van der Waals surface area contributed by atoms with E-state index in [9.17, 15) is 0 Å². The normalized spacial score (nSPS) is 13.7. The molecule has 2 nitrogen and oxygen atoms in total. The Hall–Kier alpha value is -5.21. The van der Waals surface area contributed by atoms with Gasteiger partial charge in [-0.15, -0.1) is 0 Å². The van der Waals surface area contributed by atoms with Crippen molar-refractivity contribution in [3.63, 3.8) is 0 Å². The van der Waals surface area contributed by atoms with Gasteiger partial charge in [-0.05, 0) is 84.9 Å². The van der Waals surface area contributed by atoms with Crippen LogP contribution >= 0.6 is 0 Å². The van der Waals surface area contributed by atoms with Crippen LogP contribution in [0.4, 0.5) is 0 Å². The minimum absolute atomic E-state index is 0.0703. The average Bonchev–Trinajstić information content (AvgIpc) is 3.43. The first-order chi connectivity index (χ1) is 20.6. The monoisotopic (exact) mass is 536 g/mol. The molecule has 0 unspecified atom stereocenters. The Kier molecular flexibility index (Phi) is 4.70. The number of imidazole rings is 1. The van der Waals surface area contributed by atoms with Gasteiger partial charge in [0.25, 0.3) is 0 Å². The Morgan fingerprint density at radius 2 is 1.26 bits per heavy atom. The van der Waals surface area contributed by atoms with Gasteiger partial charge >= 0.3 is 0 Å². The molecule has 0 spiro atoms. The number of rotatable bonds is 3. The fraction of sp³-hybridized carbons (Fsp3) is 0.0750. The number of para-hydroxylation sites is 2. The smallest absolute Gasteiger partial charge is 0.145 e. The Morgan fingerprint density at radius 1 is 0.548 bits per heavy atom. The number of fused-ring (bicyclic) bond motifs is 1. The summed E-state index contributed by atoms with van der Waals surface area (Å²) < 4.78 is 2.28. The topological polar surface area (TPSA) is 17.8 Å². The van der Waals surface area contributed by atoms with Gasteiger partial charge in [0.15, 0.2) is 0 Å². The third-order valence-corrected chi connectivity index (χ3v) is 9.36. The highest BCUT2D eigenvalue weighted by molar-refractivity contribution is 6.26. The highest BCUT2D eigenvalue weighted by atomic mass is 15.1. The minimum Gasteiger partial charge on any atom is -0.292 e. The summed E-state index contributed by atoms with van der Waals surface area (Å²) in [5, 5.41) is 8.15. The maximum absolute atomic E-state index is 5.03. The molecule has 0 aliphatic heterocycles. The zero-order valence-corrected chi connectivity index (χ0v) is 23.6. The largest absolute Gasteiger partial charge is 0.292 e. The van der Waals surface area contributed by atoms with Crippen molar-refractivity contribution < 1.29 is 0 Å². The summed E-state index contributed by atoms with van der Waals surface area (Å²) in [5.74, 6) is 0.956. The molecule has 1 heterocycles. The minimum atomic E-state index is -0.0703. The fourth-order valence-electron chi connectivity index (χ4n) is 7.35. The number of benzene rings is 7. The van der Waals surface area contributed by atoms with E-state index < -0.39 is 0 Å². The molecule has 0 amide bonds. The Balaban J connectivity index is 1.28. The molecule has 1 aliphatic rings. The van der Waals surface area contributed by atoms with Crippen LogP contribution < -0.4 is 0 Å². The second-order valence-electron chi connectivity index (χ2n) is 12.0. The molecule has 8 aromatic rings. The number of hydrogen-bond donors (Lipinski definition) is 0. The van der Waals surface area contributed by atoms with E-state index in [2.05, 4.69) is 146 Å². The Bertz CT molecular complexity index is 2360. The zero-order chi connectivity index (χ0) is 28.0. The van der Waals surface area contributed by atoms with Crippen molar-refractivity contribution in [2.24, 2.45) is 0 Å². The van der Waals surface area contributed by atoms with E-state index >= 15 is 0 Å². The quantitative estimate of drug-likeness (QED) is 0.205. The van der Waals surface area contributed by atoms with Crippen LogP contribution in [0, 0.1) is 0 Å². The van der Waals surface area contributed by atoms with Crippen LogP contribution in [0.3, 0.4) is 0 Å². The number of aromatic nitrogens is 2. The lowest BCUT2D eigenvalue weighted by atomic mass is 9.69. The van der Waals surface area contributed by atoms with E-state index in [0.29, 0.717) is 0 Å². The molecule has 7 aromatic carbocycles. The number of nitrogens with zero attached hydrogens (tertiary/aromatic N) is 2. The summed E-state index contributed by atoms with van der Waals surface area (Å²) in [6.45, 7) is 4.75. The lowest BCUT2D eigenvalue weighted by Crippen LogP contribution is -2.22. The Morgan fingerprint density at radius 3 is 2.10 bits per heavy atom. The maximum Gasteiger partial charge on any atom is 0.145 e. The van der Waals surface area contributed by atoms with Gasteiger partial charge in [0.05, 0.1) is 11.0 Å². The first-order valence-corrected chi connectivity index (χ1v) is 14.7. The number of hydrogen-bond acceptors (Lipinski definition) is 1. The van der Waals surface area contributed by atoms with Crippen LogP contribution in [0.2, 0.25) is 0 Å². The van der Waals surface area contributed by atoms with Crippen molar-refractivity contribution >= 4 is 43.4 Å². The highest BCUT2D eigenvalue weighted by Gasteiger charge is 2.32. The van der Waals surface area contributed by atoms with E-state index in [4.69, 9.17) is 4.98 Å². The SMILES string of the molecule is CC1(C)c2cccc3ccc4cc(-c5ccc(-n6c(-c7ccccc7)nc7ccccc76)cc5)c5cccc1c5c4c23. The predicted molar refractivity (Wildman–Crippen MR) is 177 cm³/mol. The third-order valence-electron chi connectivity index (χ3n) is 9.36. The summed E-state index contributed by atoms with van der Waals surface area (Å²) in [6, 6.07) is 48.5. The summed E-state index contributed by atoms with van der Waals surface area (Å²) in [6.07, 6.45) is 0. The van der Waals surface area contributed by atoms with Gasteiger partial charge in [-0.1, -0.05) is 117 Å². The molecule has 0 saturated heterocycles. The Labute approximate surface area is 244 Å².